The molecule has 1 rings (SSSR count). The van der Waals surface area contributed by atoms with Crippen molar-refractivity contribution in [3.05, 3.63) is 30.2 Å². The van der Waals surface area contributed by atoms with E-state index in [0.717, 1.165) is 18.8 Å². The van der Waals surface area contributed by atoms with E-state index >= 15 is 0 Å². The normalized spacial score (nSPS) is 11.3. The second-order valence-corrected chi connectivity index (χ2v) is 2.96. The van der Waals surface area contributed by atoms with Gasteiger partial charge in [-0.3, -0.25) is 0 Å². The molecule has 0 saturated carbocycles. The molecule has 0 fully saturated rings. The third-order valence-corrected chi connectivity index (χ3v) is 1.75. The molecular weight excluding hydrogens is 194 g/mol. The Kier molecular flexibility index (Phi) is 6.57. The van der Waals surface area contributed by atoms with Gasteiger partial charge in [-0.05, 0) is 18.2 Å². The van der Waals surface area contributed by atoms with E-state index < -0.39 is 0 Å². The third kappa shape index (κ3) is 6.06. The molecule has 15 heavy (non-hydrogen) atoms. The first kappa shape index (κ1) is 12.0. The summed E-state index contributed by atoms with van der Waals surface area (Å²) in [7, 11) is 0. The average molecular weight is 211 g/mol. The summed E-state index contributed by atoms with van der Waals surface area (Å²) in [5.41, 5.74) is 0. The van der Waals surface area contributed by atoms with Crippen LogP contribution >= 0.6 is 0 Å². The van der Waals surface area contributed by atoms with Crippen molar-refractivity contribution in [1.82, 2.24) is 5.32 Å². The van der Waals surface area contributed by atoms with Crippen LogP contribution in [0.1, 0.15) is 5.76 Å². The Morgan fingerprint density at radius 2 is 2.40 bits per heavy atom. The van der Waals surface area contributed by atoms with E-state index in [2.05, 4.69) is 5.32 Å². The van der Waals surface area contributed by atoms with Gasteiger partial charge in [0.05, 0.1) is 26.1 Å². The summed E-state index contributed by atoms with van der Waals surface area (Å²) in [5.74, 6) is 0.855. The van der Waals surface area contributed by atoms with Crippen LogP contribution in [0.15, 0.2) is 28.9 Å². The highest BCUT2D eigenvalue weighted by Gasteiger charge is 1.87. The molecule has 0 aromatic carbocycles. The molecule has 2 N–H and O–H groups in total. The number of hydrogen-bond donors (Lipinski definition) is 2. The molecule has 0 unspecified atom stereocenters. The van der Waals surface area contributed by atoms with Crippen LogP contribution in [-0.4, -0.2) is 38.0 Å². The van der Waals surface area contributed by atoms with Gasteiger partial charge in [-0.1, -0.05) is 6.08 Å². The van der Waals surface area contributed by atoms with Crippen LogP contribution in [0, 0.1) is 0 Å². The van der Waals surface area contributed by atoms with Crippen molar-refractivity contribution in [3.8, 4) is 0 Å². The summed E-state index contributed by atoms with van der Waals surface area (Å²) >= 11 is 0. The molecule has 0 spiro atoms. The summed E-state index contributed by atoms with van der Waals surface area (Å²) in [5, 5.41) is 11.6. The van der Waals surface area contributed by atoms with Crippen LogP contribution in [0.3, 0.4) is 0 Å². The van der Waals surface area contributed by atoms with E-state index in [1.54, 1.807) is 6.26 Å². The zero-order valence-electron chi connectivity index (χ0n) is 8.69. The molecule has 1 aromatic heterocycles. The molecule has 0 aliphatic heterocycles. The van der Waals surface area contributed by atoms with Gasteiger partial charge in [0.2, 0.25) is 0 Å². The number of aliphatic hydroxyl groups excluding tert-OH is 1. The Bertz CT molecular complexity index is 257. The van der Waals surface area contributed by atoms with Crippen molar-refractivity contribution in [2.45, 2.75) is 0 Å². The maximum Gasteiger partial charge on any atom is 0.126 e. The Morgan fingerprint density at radius 3 is 3.13 bits per heavy atom. The third-order valence-electron chi connectivity index (χ3n) is 1.75. The summed E-state index contributed by atoms with van der Waals surface area (Å²) < 4.78 is 10.2. The predicted octanol–water partition coefficient (Wildman–Crippen LogP) is 0.891. The number of furan rings is 1. The first-order valence-electron chi connectivity index (χ1n) is 5.03. The SMILES string of the molecule is OCCOCCNC/C=C/c1ccco1. The summed E-state index contributed by atoms with van der Waals surface area (Å²) in [6, 6.07) is 3.76. The number of hydrogen-bond acceptors (Lipinski definition) is 4. The minimum absolute atomic E-state index is 0.0817. The van der Waals surface area contributed by atoms with E-state index in [0.29, 0.717) is 13.2 Å². The standard InChI is InChI=1S/C11H17NO3/c13-7-10-14-9-6-12-5-1-3-11-4-2-8-15-11/h1-4,8,12-13H,5-7,9-10H2/b3-1+. The van der Waals surface area contributed by atoms with Gasteiger partial charge in [0.1, 0.15) is 5.76 Å². The Labute approximate surface area is 89.5 Å². The fourth-order valence-electron chi connectivity index (χ4n) is 1.06. The zero-order valence-corrected chi connectivity index (χ0v) is 8.69. The lowest BCUT2D eigenvalue weighted by atomic mass is 10.4. The molecule has 0 aliphatic rings. The van der Waals surface area contributed by atoms with Crippen molar-refractivity contribution in [1.29, 1.82) is 0 Å². The average Bonchev–Trinajstić information content (AvgIpc) is 2.75. The molecule has 1 aromatic rings. The molecule has 0 atom stereocenters. The lowest BCUT2D eigenvalue weighted by molar-refractivity contribution is 0.0943. The topological polar surface area (TPSA) is 54.6 Å². The second-order valence-electron chi connectivity index (χ2n) is 2.96. The van der Waals surface area contributed by atoms with Gasteiger partial charge in [-0.15, -0.1) is 0 Å². The predicted molar refractivity (Wildman–Crippen MR) is 58.5 cm³/mol. The molecule has 4 heteroatoms. The fourth-order valence-corrected chi connectivity index (χ4v) is 1.06. The van der Waals surface area contributed by atoms with Crippen molar-refractivity contribution in [3.63, 3.8) is 0 Å². The first-order valence-corrected chi connectivity index (χ1v) is 5.03. The second kappa shape index (κ2) is 8.23. The minimum Gasteiger partial charge on any atom is -0.465 e. The van der Waals surface area contributed by atoms with Crippen LogP contribution in [0.4, 0.5) is 0 Å². The maximum atomic E-state index is 8.45. The van der Waals surface area contributed by atoms with Gasteiger partial charge in [0.25, 0.3) is 0 Å². The van der Waals surface area contributed by atoms with Crippen LogP contribution in [0.25, 0.3) is 6.08 Å². The van der Waals surface area contributed by atoms with Crippen LogP contribution in [0.2, 0.25) is 0 Å². The number of nitrogens with one attached hydrogen (secondary N) is 1. The van der Waals surface area contributed by atoms with Gasteiger partial charge >= 0.3 is 0 Å². The number of ether oxygens (including phenoxy) is 1. The van der Waals surface area contributed by atoms with Crippen LogP contribution in [-0.2, 0) is 4.74 Å². The van der Waals surface area contributed by atoms with E-state index in [1.807, 2.05) is 24.3 Å². The summed E-state index contributed by atoms with van der Waals surface area (Å²) in [4.78, 5) is 0. The van der Waals surface area contributed by atoms with E-state index in [-0.39, 0.29) is 6.61 Å². The smallest absolute Gasteiger partial charge is 0.126 e. The maximum absolute atomic E-state index is 8.45. The lowest BCUT2D eigenvalue weighted by Gasteiger charge is -2.01. The van der Waals surface area contributed by atoms with E-state index in [9.17, 15) is 0 Å². The lowest BCUT2D eigenvalue weighted by Crippen LogP contribution is -2.20. The highest BCUT2D eigenvalue weighted by atomic mass is 16.5. The first-order chi connectivity index (χ1) is 7.43. The molecule has 84 valence electrons. The van der Waals surface area contributed by atoms with Gasteiger partial charge in [0, 0.05) is 13.1 Å². The molecule has 0 amide bonds. The highest BCUT2D eigenvalue weighted by Crippen LogP contribution is 2.00. The summed E-state index contributed by atoms with van der Waals surface area (Å²) in [6.45, 7) is 2.67. The molecular formula is C11H17NO3. The Balaban J connectivity index is 1.93. The van der Waals surface area contributed by atoms with E-state index in [1.165, 1.54) is 0 Å². The van der Waals surface area contributed by atoms with E-state index in [4.69, 9.17) is 14.3 Å². The highest BCUT2D eigenvalue weighted by molar-refractivity contribution is 5.42. The summed E-state index contributed by atoms with van der Waals surface area (Å²) in [6.07, 6.45) is 5.56. The van der Waals surface area contributed by atoms with Crippen molar-refractivity contribution < 1.29 is 14.3 Å². The van der Waals surface area contributed by atoms with Crippen molar-refractivity contribution in [2.75, 3.05) is 32.9 Å². The molecule has 1 heterocycles. The largest absolute Gasteiger partial charge is 0.465 e. The number of aliphatic hydroxyl groups is 1. The quantitative estimate of drug-likeness (QED) is 0.627. The molecule has 0 bridgehead atoms. The van der Waals surface area contributed by atoms with Gasteiger partial charge in [-0.25, -0.2) is 0 Å². The molecule has 0 saturated heterocycles. The van der Waals surface area contributed by atoms with Gasteiger partial charge in [0.15, 0.2) is 0 Å². The number of rotatable bonds is 8. The zero-order chi connectivity index (χ0) is 10.8. The molecule has 0 radical (unpaired) electrons. The Hall–Kier alpha value is -1.10. The Morgan fingerprint density at radius 1 is 1.47 bits per heavy atom. The minimum atomic E-state index is 0.0817. The van der Waals surface area contributed by atoms with Crippen LogP contribution in [0.5, 0.6) is 0 Å². The molecule has 0 aliphatic carbocycles. The molecule has 4 nitrogen and oxygen atoms in total. The monoisotopic (exact) mass is 211 g/mol. The fraction of sp³-hybridized carbons (Fsp3) is 0.455. The van der Waals surface area contributed by atoms with Crippen molar-refractivity contribution >= 4 is 6.08 Å². The van der Waals surface area contributed by atoms with Gasteiger partial charge < -0.3 is 19.6 Å². The van der Waals surface area contributed by atoms with Crippen LogP contribution < -0.4 is 5.32 Å². The van der Waals surface area contributed by atoms with Crippen molar-refractivity contribution in [2.24, 2.45) is 0 Å². The van der Waals surface area contributed by atoms with Gasteiger partial charge in [-0.2, -0.15) is 0 Å².